The highest BCUT2D eigenvalue weighted by Crippen LogP contribution is 2.15. The number of unbranched alkanes of at least 4 members (excludes halogenated alkanes) is 11. The van der Waals surface area contributed by atoms with Crippen LogP contribution in [-0.2, 0) is 11.2 Å². The molecule has 28 heavy (non-hydrogen) atoms. The molecule has 0 radical (unpaired) electrons. The summed E-state index contributed by atoms with van der Waals surface area (Å²) in [5.41, 5.74) is 1.41. The Kier molecular flexibility index (Phi) is 16.7. The third-order valence-corrected chi connectivity index (χ3v) is 5.11. The molecule has 1 N–H and O–H groups in total. The average molecular weight is 392 g/mol. The second kappa shape index (κ2) is 19.0. The third kappa shape index (κ3) is 14.7. The van der Waals surface area contributed by atoms with E-state index in [1.165, 1.54) is 82.5 Å². The van der Waals surface area contributed by atoms with Gasteiger partial charge in [-0.1, -0.05) is 76.8 Å². The van der Waals surface area contributed by atoms with E-state index < -0.39 is 0 Å². The second-order valence-electron chi connectivity index (χ2n) is 7.72. The molecule has 3 nitrogen and oxygen atoms in total. The molecule has 0 aromatic heterocycles. The first-order valence-electron chi connectivity index (χ1n) is 11.6. The van der Waals surface area contributed by atoms with Crippen LogP contribution < -0.4 is 4.74 Å². The number of rotatable bonds is 20. The van der Waals surface area contributed by atoms with Gasteiger partial charge in [0.1, 0.15) is 12.4 Å². The van der Waals surface area contributed by atoms with Crippen LogP contribution in [0.2, 0.25) is 0 Å². The van der Waals surface area contributed by atoms with Crippen molar-refractivity contribution in [3.05, 3.63) is 29.8 Å². The molecule has 0 spiro atoms. The lowest BCUT2D eigenvalue weighted by Crippen LogP contribution is -2.07. The number of hydrogen-bond donors (Lipinski definition) is 0. The molecule has 1 rings (SSSR count). The first kappa shape index (κ1) is 24.7. The van der Waals surface area contributed by atoms with Crippen molar-refractivity contribution < 1.29 is 14.3 Å². The number of ether oxygens (including phenoxy) is 2. The van der Waals surface area contributed by atoms with E-state index in [1.807, 2.05) is 0 Å². The molecule has 0 amide bonds. The van der Waals surface area contributed by atoms with Gasteiger partial charge in [-0.25, -0.2) is 0 Å². The molecule has 0 saturated heterocycles. The van der Waals surface area contributed by atoms with Crippen molar-refractivity contribution in [3.8, 4) is 5.75 Å². The van der Waals surface area contributed by atoms with Gasteiger partial charge in [-0.2, -0.15) is 0 Å². The van der Waals surface area contributed by atoms with Crippen LogP contribution in [0.25, 0.3) is 0 Å². The summed E-state index contributed by atoms with van der Waals surface area (Å²) in [6.45, 7) is 4.35. The Morgan fingerprint density at radius 3 is 2.07 bits per heavy atom. The number of carbonyl (C=O) groups excluding carboxylic acids is 1. The van der Waals surface area contributed by atoms with Crippen LogP contribution in [0.4, 0.5) is 0 Å². The lowest BCUT2D eigenvalue weighted by atomic mass is 10.0. The fourth-order valence-corrected chi connectivity index (χ4v) is 3.33. The van der Waals surface area contributed by atoms with E-state index in [1.54, 1.807) is 0 Å². The summed E-state index contributed by atoms with van der Waals surface area (Å²) in [6, 6.07) is 8.56. The van der Waals surface area contributed by atoms with E-state index in [9.17, 15) is 0 Å². The van der Waals surface area contributed by atoms with E-state index in [-0.39, 0.29) is 0 Å². The predicted molar refractivity (Wildman–Crippen MR) is 120 cm³/mol. The molecule has 1 aromatic rings. The Labute approximate surface area is 173 Å². The quantitative estimate of drug-likeness (QED) is 0.138. The number of hydrogen-bond acceptors (Lipinski definition) is 2. The zero-order valence-electron chi connectivity index (χ0n) is 18.2. The third-order valence-electron chi connectivity index (χ3n) is 5.11. The van der Waals surface area contributed by atoms with Crippen LogP contribution in [0, 0.1) is 0 Å². The van der Waals surface area contributed by atoms with Crippen LogP contribution in [0.5, 0.6) is 5.75 Å². The lowest BCUT2D eigenvalue weighted by Gasteiger charge is -2.08. The summed E-state index contributed by atoms with van der Waals surface area (Å²) >= 11 is 0. The lowest BCUT2D eigenvalue weighted by molar-refractivity contribution is 0.0971. The molecule has 0 unspecified atom stereocenters. The Balaban J connectivity index is 1.94. The molecule has 0 aliphatic carbocycles. The summed E-state index contributed by atoms with van der Waals surface area (Å²) < 4.78 is 11.4. The molecule has 0 bridgehead atoms. The standard InChI is InChI=1S/C25H42O3/c1-2-3-4-5-6-9-12-15-24-16-18-25(19-17-24)28-23-22-27-21-14-11-8-7-10-13-20-26/h16-20H,2-15,21-23H2,1H3/p+1. The monoisotopic (exact) mass is 391 g/mol. The van der Waals surface area contributed by atoms with Gasteiger partial charge < -0.3 is 9.47 Å². The van der Waals surface area contributed by atoms with Gasteiger partial charge in [0.05, 0.1) is 13.0 Å². The Hall–Kier alpha value is -1.35. The maximum Gasteiger partial charge on any atom is 0.281 e. The van der Waals surface area contributed by atoms with Crippen molar-refractivity contribution in [2.45, 2.75) is 96.8 Å². The van der Waals surface area contributed by atoms with Crippen LogP contribution in [0.3, 0.4) is 0 Å². The van der Waals surface area contributed by atoms with Gasteiger partial charge in [-0.15, -0.1) is 0 Å². The zero-order valence-corrected chi connectivity index (χ0v) is 18.2. The molecule has 0 atom stereocenters. The summed E-state index contributed by atoms with van der Waals surface area (Å²) in [4.78, 5) is 8.60. The van der Waals surface area contributed by atoms with E-state index in [0.717, 1.165) is 31.6 Å². The van der Waals surface area contributed by atoms with E-state index >= 15 is 0 Å². The molecule has 1 aromatic carbocycles. The zero-order chi connectivity index (χ0) is 20.1. The van der Waals surface area contributed by atoms with Crippen molar-refractivity contribution >= 4 is 6.29 Å². The molecule has 3 heteroatoms. The molecule has 0 saturated carbocycles. The number of aldehydes is 1. The minimum absolute atomic E-state index is 0.615. The van der Waals surface area contributed by atoms with Crippen molar-refractivity contribution in [1.82, 2.24) is 0 Å². The maximum atomic E-state index is 8.60. The maximum absolute atomic E-state index is 8.60. The minimum atomic E-state index is 0.615. The highest BCUT2D eigenvalue weighted by Gasteiger charge is 1.98. The van der Waals surface area contributed by atoms with Gasteiger partial charge >= 0.3 is 0 Å². The van der Waals surface area contributed by atoms with Crippen molar-refractivity contribution in [2.75, 3.05) is 19.8 Å². The van der Waals surface area contributed by atoms with Crippen molar-refractivity contribution in [1.29, 1.82) is 0 Å². The summed E-state index contributed by atoms with van der Waals surface area (Å²) in [7, 11) is 0. The Morgan fingerprint density at radius 1 is 0.714 bits per heavy atom. The number of aryl methyl sites for hydroxylation is 1. The Morgan fingerprint density at radius 2 is 1.36 bits per heavy atom. The second-order valence-corrected chi connectivity index (χ2v) is 7.72. The van der Waals surface area contributed by atoms with Gasteiger partial charge in [0.25, 0.3) is 6.29 Å². The fourth-order valence-electron chi connectivity index (χ4n) is 3.33. The van der Waals surface area contributed by atoms with Gasteiger partial charge in [0.15, 0.2) is 0 Å². The van der Waals surface area contributed by atoms with Crippen LogP contribution in [0.15, 0.2) is 24.3 Å². The van der Waals surface area contributed by atoms with Crippen LogP contribution in [-0.4, -0.2) is 30.9 Å². The summed E-state index contributed by atoms with van der Waals surface area (Å²) in [5, 5.41) is 0. The topological polar surface area (TPSA) is 39.9 Å². The molecular weight excluding hydrogens is 348 g/mol. The molecule has 0 aliphatic rings. The first-order chi connectivity index (χ1) is 13.9. The van der Waals surface area contributed by atoms with Gasteiger partial charge in [0, 0.05) is 6.61 Å². The predicted octanol–water partition coefficient (Wildman–Crippen LogP) is 6.89. The highest BCUT2D eigenvalue weighted by molar-refractivity contribution is 5.50. The van der Waals surface area contributed by atoms with Gasteiger partial charge in [-0.05, 0) is 43.4 Å². The van der Waals surface area contributed by atoms with E-state index in [0.29, 0.717) is 13.2 Å². The number of benzene rings is 1. The largest absolute Gasteiger partial charge is 0.491 e. The molecule has 0 heterocycles. The van der Waals surface area contributed by atoms with Crippen molar-refractivity contribution in [3.63, 3.8) is 0 Å². The highest BCUT2D eigenvalue weighted by atomic mass is 16.5. The molecule has 0 fully saturated rings. The minimum Gasteiger partial charge on any atom is -0.491 e. The molecule has 0 aliphatic heterocycles. The smallest absolute Gasteiger partial charge is 0.281 e. The van der Waals surface area contributed by atoms with Gasteiger partial charge in [-0.3, -0.25) is 4.79 Å². The van der Waals surface area contributed by atoms with Crippen LogP contribution >= 0.6 is 0 Å². The summed E-state index contributed by atoms with van der Waals surface area (Å²) in [5.74, 6) is 0.938. The van der Waals surface area contributed by atoms with Crippen molar-refractivity contribution in [2.24, 2.45) is 0 Å². The van der Waals surface area contributed by atoms with Crippen LogP contribution in [0.1, 0.15) is 96.0 Å². The SMILES string of the molecule is CCCCCCCCCc1ccc(OCCOCCCCCCCC=[OH+])cc1. The first-order valence-corrected chi connectivity index (χ1v) is 11.6. The molecule has 160 valence electrons. The fraction of sp³-hybridized carbons (Fsp3) is 0.720. The Bertz CT molecular complexity index is 455. The average Bonchev–Trinajstić information content (AvgIpc) is 2.72. The summed E-state index contributed by atoms with van der Waals surface area (Å²) in [6.07, 6.45) is 18.6. The van der Waals surface area contributed by atoms with Gasteiger partial charge in [0.2, 0.25) is 0 Å². The normalized spacial score (nSPS) is 10.9. The molecular formula is C25H43O3+. The van der Waals surface area contributed by atoms with E-state index in [2.05, 4.69) is 31.2 Å². The van der Waals surface area contributed by atoms with E-state index in [4.69, 9.17) is 14.3 Å².